The molecule has 0 saturated carbocycles. The van der Waals surface area contributed by atoms with Crippen LogP contribution in [0.25, 0.3) is 0 Å². The lowest BCUT2D eigenvalue weighted by Gasteiger charge is -2.06. The smallest absolute Gasteiger partial charge is 0.271 e. The maximum absolute atomic E-state index is 11.4. The second-order valence-electron chi connectivity index (χ2n) is 3.31. The first-order chi connectivity index (χ1) is 6.59. The van der Waals surface area contributed by atoms with Crippen molar-refractivity contribution in [3.05, 3.63) is 23.5 Å². The maximum Gasteiger partial charge on any atom is 0.271 e. The molecule has 0 bridgehead atoms. The normalized spacial score (nSPS) is 12.2. The van der Waals surface area contributed by atoms with E-state index in [2.05, 4.69) is 15.5 Å². The van der Waals surface area contributed by atoms with Crippen LogP contribution in [0.3, 0.4) is 0 Å². The Morgan fingerprint density at radius 2 is 2.43 bits per heavy atom. The second kappa shape index (κ2) is 4.66. The molecule has 1 heterocycles. The molecule has 14 heavy (non-hydrogen) atoms. The third-order valence-electron chi connectivity index (χ3n) is 1.61. The summed E-state index contributed by atoms with van der Waals surface area (Å²) in [5.74, 6) is -0.237. The molecule has 1 aromatic heterocycles. The molecular formula is C9H14N4O. The molecule has 0 aliphatic heterocycles. The highest BCUT2D eigenvalue weighted by atomic mass is 16.1. The number of amides is 1. The van der Waals surface area contributed by atoms with Crippen LogP contribution in [0.1, 0.15) is 23.0 Å². The van der Waals surface area contributed by atoms with Gasteiger partial charge in [-0.1, -0.05) is 0 Å². The lowest BCUT2D eigenvalue weighted by molar-refractivity contribution is 0.0945. The number of aromatic nitrogens is 2. The van der Waals surface area contributed by atoms with Gasteiger partial charge in [-0.2, -0.15) is 5.10 Å². The number of hydrogen-bond donors (Lipinski definition) is 2. The van der Waals surface area contributed by atoms with Crippen molar-refractivity contribution in [2.45, 2.75) is 19.9 Å². The molecule has 5 heteroatoms. The Balaban J connectivity index is 2.61. The van der Waals surface area contributed by atoms with Gasteiger partial charge in [-0.25, -0.2) is 0 Å². The summed E-state index contributed by atoms with van der Waals surface area (Å²) in [4.78, 5) is 11.4. The van der Waals surface area contributed by atoms with Crippen molar-refractivity contribution < 1.29 is 4.79 Å². The Hall–Kier alpha value is -1.49. The standard InChI is InChI=1S/C9H14N4O/c1-6-3-8(13-12-4-6)9(14)11-5-7(2)10/h3-4,7H,5,10H2,1-2H3,(H,11,14). The summed E-state index contributed by atoms with van der Waals surface area (Å²) >= 11 is 0. The van der Waals surface area contributed by atoms with Gasteiger partial charge in [0.05, 0.1) is 6.20 Å². The van der Waals surface area contributed by atoms with Crippen LogP contribution in [0.5, 0.6) is 0 Å². The van der Waals surface area contributed by atoms with Crippen molar-refractivity contribution in [3.8, 4) is 0 Å². The van der Waals surface area contributed by atoms with Crippen LogP contribution >= 0.6 is 0 Å². The van der Waals surface area contributed by atoms with E-state index in [0.717, 1.165) is 5.56 Å². The predicted octanol–water partition coefficient (Wildman–Crippen LogP) is -0.138. The summed E-state index contributed by atoms with van der Waals surface area (Å²) in [6.07, 6.45) is 1.60. The zero-order chi connectivity index (χ0) is 10.6. The maximum atomic E-state index is 11.4. The molecule has 0 fully saturated rings. The van der Waals surface area contributed by atoms with Gasteiger partial charge in [-0.05, 0) is 25.5 Å². The van der Waals surface area contributed by atoms with E-state index in [0.29, 0.717) is 12.2 Å². The molecule has 0 saturated heterocycles. The van der Waals surface area contributed by atoms with Crippen molar-refractivity contribution >= 4 is 5.91 Å². The lowest BCUT2D eigenvalue weighted by Crippen LogP contribution is -2.35. The highest BCUT2D eigenvalue weighted by molar-refractivity contribution is 5.92. The summed E-state index contributed by atoms with van der Waals surface area (Å²) in [6.45, 7) is 4.12. The van der Waals surface area contributed by atoms with Crippen LogP contribution in [-0.4, -0.2) is 28.7 Å². The van der Waals surface area contributed by atoms with E-state index in [9.17, 15) is 4.79 Å². The van der Waals surface area contributed by atoms with Crippen LogP contribution in [0.15, 0.2) is 12.3 Å². The Morgan fingerprint density at radius 1 is 1.71 bits per heavy atom. The van der Waals surface area contributed by atoms with Gasteiger partial charge in [0.25, 0.3) is 5.91 Å². The van der Waals surface area contributed by atoms with E-state index in [1.807, 2.05) is 13.8 Å². The molecule has 1 amide bonds. The topological polar surface area (TPSA) is 80.9 Å². The van der Waals surface area contributed by atoms with Crippen molar-refractivity contribution in [1.82, 2.24) is 15.5 Å². The Bertz CT molecular complexity index is 324. The van der Waals surface area contributed by atoms with Crippen LogP contribution in [0.4, 0.5) is 0 Å². The number of aryl methyl sites for hydroxylation is 1. The van der Waals surface area contributed by atoms with Crippen molar-refractivity contribution in [3.63, 3.8) is 0 Å². The molecule has 1 atom stereocenters. The fourth-order valence-electron chi connectivity index (χ4n) is 0.919. The summed E-state index contributed by atoms with van der Waals surface area (Å²) in [7, 11) is 0. The third kappa shape index (κ3) is 3.10. The number of hydrogen-bond acceptors (Lipinski definition) is 4. The predicted molar refractivity (Wildman–Crippen MR) is 52.8 cm³/mol. The summed E-state index contributed by atoms with van der Waals surface area (Å²) in [5.41, 5.74) is 6.73. The minimum Gasteiger partial charge on any atom is -0.349 e. The first-order valence-corrected chi connectivity index (χ1v) is 4.42. The lowest BCUT2D eigenvalue weighted by atomic mass is 10.2. The Kier molecular flexibility index (Phi) is 3.53. The monoisotopic (exact) mass is 194 g/mol. The average Bonchev–Trinajstić information content (AvgIpc) is 2.14. The molecule has 5 nitrogen and oxygen atoms in total. The Labute approximate surface area is 82.7 Å². The van der Waals surface area contributed by atoms with Gasteiger partial charge in [-0.15, -0.1) is 5.10 Å². The molecule has 0 spiro atoms. The number of carbonyl (C=O) groups excluding carboxylic acids is 1. The molecule has 3 N–H and O–H groups in total. The van der Waals surface area contributed by atoms with E-state index in [4.69, 9.17) is 5.73 Å². The first kappa shape index (κ1) is 10.6. The first-order valence-electron chi connectivity index (χ1n) is 4.42. The molecule has 1 unspecified atom stereocenters. The summed E-state index contributed by atoms with van der Waals surface area (Å²) in [6, 6.07) is 1.63. The van der Waals surface area contributed by atoms with Gasteiger partial charge in [0.15, 0.2) is 5.69 Å². The minimum absolute atomic E-state index is 0.0586. The zero-order valence-electron chi connectivity index (χ0n) is 8.32. The van der Waals surface area contributed by atoms with Crippen LogP contribution in [0.2, 0.25) is 0 Å². The SMILES string of the molecule is Cc1cnnc(C(=O)NCC(C)N)c1. The quantitative estimate of drug-likeness (QED) is 0.702. The zero-order valence-corrected chi connectivity index (χ0v) is 8.32. The van der Waals surface area contributed by atoms with Crippen LogP contribution in [-0.2, 0) is 0 Å². The highest BCUT2D eigenvalue weighted by Gasteiger charge is 2.07. The molecule has 1 aromatic rings. The van der Waals surface area contributed by atoms with E-state index in [1.165, 1.54) is 0 Å². The molecular weight excluding hydrogens is 180 g/mol. The fourth-order valence-corrected chi connectivity index (χ4v) is 0.919. The van der Waals surface area contributed by atoms with Crippen LogP contribution in [0, 0.1) is 6.92 Å². The highest BCUT2D eigenvalue weighted by Crippen LogP contribution is 1.96. The van der Waals surface area contributed by atoms with Gasteiger partial charge in [0.2, 0.25) is 0 Å². The van der Waals surface area contributed by atoms with Gasteiger partial charge in [0.1, 0.15) is 0 Å². The largest absolute Gasteiger partial charge is 0.349 e. The summed E-state index contributed by atoms with van der Waals surface area (Å²) in [5, 5.41) is 10.1. The number of nitrogens with one attached hydrogen (secondary N) is 1. The van der Waals surface area contributed by atoms with Gasteiger partial charge < -0.3 is 11.1 Å². The van der Waals surface area contributed by atoms with Gasteiger partial charge in [-0.3, -0.25) is 4.79 Å². The Morgan fingerprint density at radius 3 is 3.00 bits per heavy atom. The van der Waals surface area contributed by atoms with Gasteiger partial charge >= 0.3 is 0 Å². The van der Waals surface area contributed by atoms with E-state index in [-0.39, 0.29) is 11.9 Å². The summed E-state index contributed by atoms with van der Waals surface area (Å²) < 4.78 is 0. The number of nitrogens with two attached hydrogens (primary N) is 1. The minimum atomic E-state index is -0.237. The molecule has 76 valence electrons. The average molecular weight is 194 g/mol. The van der Waals surface area contributed by atoms with Crippen LogP contribution < -0.4 is 11.1 Å². The molecule has 0 aromatic carbocycles. The molecule has 0 aliphatic carbocycles. The van der Waals surface area contributed by atoms with E-state index in [1.54, 1.807) is 12.3 Å². The van der Waals surface area contributed by atoms with E-state index >= 15 is 0 Å². The molecule has 1 rings (SSSR count). The number of carbonyl (C=O) groups is 1. The fraction of sp³-hybridized carbons (Fsp3) is 0.444. The number of rotatable bonds is 3. The number of nitrogens with zero attached hydrogens (tertiary/aromatic N) is 2. The second-order valence-corrected chi connectivity index (χ2v) is 3.31. The van der Waals surface area contributed by atoms with Crippen molar-refractivity contribution in [2.75, 3.05) is 6.54 Å². The molecule has 0 aliphatic rings. The van der Waals surface area contributed by atoms with Gasteiger partial charge in [0, 0.05) is 12.6 Å². The van der Waals surface area contributed by atoms with Crippen molar-refractivity contribution in [1.29, 1.82) is 0 Å². The van der Waals surface area contributed by atoms with E-state index < -0.39 is 0 Å². The third-order valence-corrected chi connectivity index (χ3v) is 1.61. The molecule has 0 radical (unpaired) electrons. The van der Waals surface area contributed by atoms with Crippen molar-refractivity contribution in [2.24, 2.45) is 5.73 Å².